The summed E-state index contributed by atoms with van der Waals surface area (Å²) in [7, 11) is 0. The Balaban J connectivity index is 2.41. The quantitative estimate of drug-likeness (QED) is 0.854. The minimum Gasteiger partial charge on any atom is -0.493 e. The van der Waals surface area contributed by atoms with E-state index in [1.165, 1.54) is 6.42 Å². The van der Waals surface area contributed by atoms with Crippen LogP contribution >= 0.6 is 0 Å². The van der Waals surface area contributed by atoms with Crippen molar-refractivity contribution in [3.63, 3.8) is 0 Å². The lowest BCUT2D eigenvalue weighted by molar-refractivity contribution is -0.0972. The van der Waals surface area contributed by atoms with Crippen LogP contribution in [0.4, 0.5) is 0 Å². The van der Waals surface area contributed by atoms with Crippen LogP contribution in [0.5, 0.6) is 5.75 Å². The molecule has 1 N–H and O–H groups in total. The van der Waals surface area contributed by atoms with Gasteiger partial charge in [0.25, 0.3) is 0 Å². The van der Waals surface area contributed by atoms with E-state index in [2.05, 4.69) is 33.8 Å². The van der Waals surface area contributed by atoms with Crippen molar-refractivity contribution in [2.24, 2.45) is 11.3 Å². The topological polar surface area (TPSA) is 29.5 Å². The molecule has 0 saturated heterocycles. The van der Waals surface area contributed by atoms with Crippen LogP contribution in [-0.4, -0.2) is 11.7 Å². The van der Waals surface area contributed by atoms with E-state index < -0.39 is 5.60 Å². The summed E-state index contributed by atoms with van der Waals surface area (Å²) in [6, 6.07) is 8.06. The average molecular weight is 290 g/mol. The Kier molecular flexibility index (Phi) is 4.98. The van der Waals surface area contributed by atoms with Gasteiger partial charge < -0.3 is 9.84 Å². The summed E-state index contributed by atoms with van der Waals surface area (Å²) in [5, 5.41) is 11.5. The molecule has 1 aromatic rings. The summed E-state index contributed by atoms with van der Waals surface area (Å²) in [6.45, 7) is 9.53. The highest BCUT2D eigenvalue weighted by atomic mass is 16.5. The van der Waals surface area contributed by atoms with Crippen molar-refractivity contribution >= 4 is 0 Å². The molecule has 2 rings (SSSR count). The second-order valence-corrected chi connectivity index (χ2v) is 7.43. The van der Waals surface area contributed by atoms with Crippen molar-refractivity contribution in [1.29, 1.82) is 0 Å². The molecular weight excluding hydrogens is 260 g/mol. The predicted octanol–water partition coefficient (Wildman–Crippen LogP) is 4.90. The Morgan fingerprint density at radius 3 is 2.62 bits per heavy atom. The van der Waals surface area contributed by atoms with Gasteiger partial charge in [0.15, 0.2) is 0 Å². The van der Waals surface area contributed by atoms with Crippen molar-refractivity contribution < 1.29 is 9.84 Å². The number of hydrogen-bond acceptors (Lipinski definition) is 2. The van der Waals surface area contributed by atoms with Gasteiger partial charge in [-0.05, 0) is 36.7 Å². The van der Waals surface area contributed by atoms with Gasteiger partial charge in [0.2, 0.25) is 0 Å². The van der Waals surface area contributed by atoms with Crippen LogP contribution in [0.25, 0.3) is 0 Å². The Hall–Kier alpha value is -1.02. The fourth-order valence-electron chi connectivity index (χ4n) is 3.79. The van der Waals surface area contributed by atoms with Crippen molar-refractivity contribution in [2.75, 3.05) is 6.61 Å². The molecule has 118 valence electrons. The first-order chi connectivity index (χ1) is 9.89. The molecule has 0 amide bonds. The molecule has 1 fully saturated rings. The third kappa shape index (κ3) is 3.42. The van der Waals surface area contributed by atoms with E-state index in [0.29, 0.717) is 6.61 Å². The monoisotopic (exact) mass is 290 g/mol. The van der Waals surface area contributed by atoms with Crippen LogP contribution in [0.15, 0.2) is 24.3 Å². The van der Waals surface area contributed by atoms with Crippen molar-refractivity contribution in [3.05, 3.63) is 29.8 Å². The smallest absolute Gasteiger partial charge is 0.125 e. The van der Waals surface area contributed by atoms with Crippen LogP contribution in [0.3, 0.4) is 0 Å². The molecule has 1 aliphatic carbocycles. The molecule has 0 bridgehead atoms. The SMILES string of the molecule is CCCOc1ccccc1C1(O)CCCCC1C(C)(C)C. The Morgan fingerprint density at radius 2 is 1.95 bits per heavy atom. The lowest BCUT2D eigenvalue weighted by Crippen LogP contribution is -2.44. The van der Waals surface area contributed by atoms with E-state index in [-0.39, 0.29) is 11.3 Å². The zero-order valence-electron chi connectivity index (χ0n) is 14.0. The first kappa shape index (κ1) is 16.4. The minimum atomic E-state index is -0.763. The molecule has 0 aliphatic heterocycles. The molecule has 2 unspecified atom stereocenters. The van der Waals surface area contributed by atoms with E-state index >= 15 is 0 Å². The summed E-state index contributed by atoms with van der Waals surface area (Å²) in [5.74, 6) is 1.13. The number of benzene rings is 1. The van der Waals surface area contributed by atoms with Crippen molar-refractivity contribution in [3.8, 4) is 5.75 Å². The Labute approximate surface area is 129 Å². The molecule has 21 heavy (non-hydrogen) atoms. The second-order valence-electron chi connectivity index (χ2n) is 7.43. The number of rotatable bonds is 4. The highest BCUT2D eigenvalue weighted by Gasteiger charge is 2.47. The standard InChI is InChI=1S/C19H30O2/c1-5-14-21-16-11-7-6-10-15(16)19(20)13-9-8-12-17(19)18(2,3)4/h6-7,10-11,17,20H,5,8-9,12-14H2,1-4H3. The van der Waals surface area contributed by atoms with Crippen LogP contribution < -0.4 is 4.74 Å². The molecule has 2 atom stereocenters. The molecule has 0 aromatic heterocycles. The number of aliphatic hydroxyl groups is 1. The van der Waals surface area contributed by atoms with E-state index in [9.17, 15) is 5.11 Å². The highest BCUT2D eigenvalue weighted by Crippen LogP contribution is 2.51. The molecule has 0 spiro atoms. The van der Waals surface area contributed by atoms with E-state index in [4.69, 9.17) is 4.74 Å². The summed E-state index contributed by atoms with van der Waals surface area (Å²) in [5.41, 5.74) is 0.312. The van der Waals surface area contributed by atoms with Crippen LogP contribution in [0.2, 0.25) is 0 Å². The van der Waals surface area contributed by atoms with Gasteiger partial charge in [-0.1, -0.05) is 58.7 Å². The molecule has 2 heteroatoms. The zero-order chi connectivity index (χ0) is 15.5. The van der Waals surface area contributed by atoms with Gasteiger partial charge in [-0.25, -0.2) is 0 Å². The lowest BCUT2D eigenvalue weighted by Gasteiger charge is -2.47. The molecule has 1 aliphatic rings. The first-order valence-corrected chi connectivity index (χ1v) is 8.34. The van der Waals surface area contributed by atoms with E-state index in [1.807, 2.05) is 18.2 Å². The van der Waals surface area contributed by atoms with Gasteiger partial charge >= 0.3 is 0 Å². The van der Waals surface area contributed by atoms with Crippen molar-refractivity contribution in [2.45, 2.75) is 65.4 Å². The third-order valence-corrected chi connectivity index (χ3v) is 4.74. The summed E-state index contributed by atoms with van der Waals surface area (Å²) < 4.78 is 5.91. The van der Waals surface area contributed by atoms with Gasteiger partial charge in [-0.2, -0.15) is 0 Å². The average Bonchev–Trinajstić information content (AvgIpc) is 2.44. The highest BCUT2D eigenvalue weighted by molar-refractivity contribution is 5.39. The van der Waals surface area contributed by atoms with Gasteiger partial charge in [0.05, 0.1) is 12.2 Å². The number of para-hydroxylation sites is 1. The fraction of sp³-hybridized carbons (Fsp3) is 0.684. The van der Waals surface area contributed by atoms with E-state index in [0.717, 1.165) is 37.0 Å². The molecule has 2 nitrogen and oxygen atoms in total. The van der Waals surface area contributed by atoms with Crippen LogP contribution in [-0.2, 0) is 5.60 Å². The van der Waals surface area contributed by atoms with Gasteiger partial charge in [0.1, 0.15) is 5.75 Å². The maximum atomic E-state index is 11.5. The Bertz CT molecular complexity index is 461. The molecular formula is C19H30O2. The first-order valence-electron chi connectivity index (χ1n) is 8.34. The summed E-state index contributed by atoms with van der Waals surface area (Å²) >= 11 is 0. The normalized spacial score (nSPS) is 26.6. The zero-order valence-corrected chi connectivity index (χ0v) is 14.0. The maximum absolute atomic E-state index is 11.5. The number of hydrogen-bond donors (Lipinski definition) is 1. The van der Waals surface area contributed by atoms with Crippen LogP contribution in [0, 0.1) is 11.3 Å². The largest absolute Gasteiger partial charge is 0.493 e. The molecule has 1 aromatic carbocycles. The lowest BCUT2D eigenvalue weighted by atomic mass is 9.61. The van der Waals surface area contributed by atoms with Crippen LogP contribution in [0.1, 0.15) is 65.4 Å². The van der Waals surface area contributed by atoms with Gasteiger partial charge in [0, 0.05) is 5.56 Å². The molecule has 0 radical (unpaired) electrons. The van der Waals surface area contributed by atoms with Gasteiger partial charge in [-0.3, -0.25) is 0 Å². The predicted molar refractivity (Wildman–Crippen MR) is 87.5 cm³/mol. The molecule has 1 saturated carbocycles. The third-order valence-electron chi connectivity index (χ3n) is 4.74. The van der Waals surface area contributed by atoms with Crippen molar-refractivity contribution in [1.82, 2.24) is 0 Å². The summed E-state index contributed by atoms with van der Waals surface area (Å²) in [4.78, 5) is 0. The molecule has 0 heterocycles. The van der Waals surface area contributed by atoms with E-state index in [1.54, 1.807) is 0 Å². The second kappa shape index (κ2) is 6.39. The fourth-order valence-corrected chi connectivity index (χ4v) is 3.79. The summed E-state index contributed by atoms with van der Waals surface area (Å²) in [6.07, 6.45) is 5.20. The Morgan fingerprint density at radius 1 is 1.24 bits per heavy atom. The maximum Gasteiger partial charge on any atom is 0.125 e. The number of ether oxygens (including phenoxy) is 1. The minimum absolute atomic E-state index is 0.0903. The van der Waals surface area contributed by atoms with Gasteiger partial charge in [-0.15, -0.1) is 0 Å².